The zero-order valence-electron chi connectivity index (χ0n) is 17.2. The molecule has 0 aliphatic heterocycles. The van der Waals surface area contributed by atoms with Crippen LogP contribution in [0.4, 0.5) is 29.0 Å². The molecule has 31 heavy (non-hydrogen) atoms. The van der Waals surface area contributed by atoms with E-state index in [0.29, 0.717) is 28.7 Å². The van der Waals surface area contributed by atoms with Crippen LogP contribution in [0.2, 0.25) is 0 Å². The van der Waals surface area contributed by atoms with Gasteiger partial charge in [-0.2, -0.15) is 20.1 Å². The Balaban J connectivity index is 1.60. The molecular formula is C23H21N7O. The van der Waals surface area contributed by atoms with Crippen LogP contribution in [-0.2, 0) is 0 Å². The fourth-order valence-electron chi connectivity index (χ4n) is 3.04. The fourth-order valence-corrected chi connectivity index (χ4v) is 3.04. The lowest BCUT2D eigenvalue weighted by atomic mass is 10.1. The van der Waals surface area contributed by atoms with Gasteiger partial charge in [-0.3, -0.25) is 0 Å². The van der Waals surface area contributed by atoms with Crippen molar-refractivity contribution in [3.63, 3.8) is 0 Å². The lowest BCUT2D eigenvalue weighted by Gasteiger charge is -2.18. The number of nitrogens with two attached hydrogens (primary N) is 1. The van der Waals surface area contributed by atoms with Gasteiger partial charge in [-0.1, -0.05) is 36.9 Å². The smallest absolute Gasteiger partial charge is 0.234 e. The van der Waals surface area contributed by atoms with Crippen LogP contribution in [0.15, 0.2) is 77.5 Å². The van der Waals surface area contributed by atoms with E-state index in [9.17, 15) is 5.11 Å². The Hall–Kier alpha value is -4.33. The van der Waals surface area contributed by atoms with Gasteiger partial charge in [-0.05, 0) is 48.2 Å². The van der Waals surface area contributed by atoms with Gasteiger partial charge in [-0.25, -0.2) is 0 Å². The van der Waals surface area contributed by atoms with Gasteiger partial charge in [0.25, 0.3) is 0 Å². The van der Waals surface area contributed by atoms with Gasteiger partial charge >= 0.3 is 0 Å². The highest BCUT2D eigenvalue weighted by atomic mass is 16.3. The minimum atomic E-state index is 0.0829. The Morgan fingerprint density at radius 1 is 0.968 bits per heavy atom. The Morgan fingerprint density at radius 3 is 2.45 bits per heavy atom. The Labute approximate surface area is 179 Å². The number of phenolic OH excluding ortho intramolecular Hbond substituents is 1. The molecule has 3 aromatic carbocycles. The number of rotatable bonds is 5. The van der Waals surface area contributed by atoms with E-state index in [1.54, 1.807) is 11.0 Å². The third-order valence-corrected chi connectivity index (χ3v) is 4.70. The maximum atomic E-state index is 10.2. The largest absolute Gasteiger partial charge is 0.506 e. The molecule has 0 saturated carbocycles. The normalized spacial score (nSPS) is 11.2. The number of allylic oxidation sites excluding steroid dienone is 1. The number of anilines is 3. The number of fused-ring (bicyclic) bond motifs is 1. The van der Waals surface area contributed by atoms with Crippen molar-refractivity contribution in [3.8, 4) is 5.75 Å². The first-order valence-electron chi connectivity index (χ1n) is 9.56. The second kappa shape index (κ2) is 8.19. The molecular weight excluding hydrogens is 390 g/mol. The molecule has 4 rings (SSSR count). The molecule has 3 N–H and O–H groups in total. The maximum absolute atomic E-state index is 10.2. The fraction of sp³-hybridized carbons (Fsp3) is 0.0870. The van der Waals surface area contributed by atoms with Crippen LogP contribution < -0.4 is 10.6 Å². The monoisotopic (exact) mass is 411 g/mol. The molecule has 4 aromatic rings. The molecule has 0 radical (unpaired) electrons. The topological polar surface area (TPSA) is 113 Å². The number of phenols is 1. The summed E-state index contributed by atoms with van der Waals surface area (Å²) in [6.07, 6.45) is 0. The number of benzene rings is 3. The zero-order chi connectivity index (χ0) is 22.0. The minimum Gasteiger partial charge on any atom is -0.506 e. The van der Waals surface area contributed by atoms with E-state index in [1.165, 1.54) is 0 Å². The van der Waals surface area contributed by atoms with Crippen molar-refractivity contribution in [1.29, 1.82) is 0 Å². The standard InChI is InChI=1S/C23H21N7O/c1-14(2)21-25-22(24)27-23(26-21)30(3)17-11-9-16(10-12-17)28-29-20-18-7-5-4-6-15(18)8-13-19(20)31/h4-13,31H,1H2,2-3H3,(H2,24,25,26,27)/b29-28+. The number of aromatic hydroxyl groups is 1. The minimum absolute atomic E-state index is 0.0829. The maximum Gasteiger partial charge on any atom is 0.234 e. The van der Waals surface area contributed by atoms with Gasteiger partial charge in [-0.15, -0.1) is 5.11 Å². The Kier molecular flexibility index (Phi) is 5.28. The van der Waals surface area contributed by atoms with Gasteiger partial charge in [0.15, 0.2) is 5.82 Å². The molecule has 0 amide bonds. The van der Waals surface area contributed by atoms with Crippen molar-refractivity contribution < 1.29 is 5.11 Å². The van der Waals surface area contributed by atoms with E-state index in [1.807, 2.05) is 68.6 Å². The Bertz CT molecular complexity index is 1300. The predicted octanol–water partition coefficient (Wildman–Crippen LogP) is 5.53. The quantitative estimate of drug-likeness (QED) is 0.418. The SMILES string of the molecule is C=C(C)c1nc(N)nc(N(C)c2ccc(/N=N/c3c(O)ccc4ccccc34)cc2)n1. The molecule has 8 nitrogen and oxygen atoms in total. The molecule has 8 heteroatoms. The molecule has 0 bridgehead atoms. The first-order chi connectivity index (χ1) is 14.9. The molecule has 0 spiro atoms. The van der Waals surface area contributed by atoms with Crippen LogP contribution in [0.3, 0.4) is 0 Å². The molecule has 0 saturated heterocycles. The summed E-state index contributed by atoms with van der Waals surface area (Å²) in [6.45, 7) is 5.67. The van der Waals surface area contributed by atoms with Gasteiger partial charge in [0.1, 0.15) is 11.4 Å². The number of azo groups is 1. The first-order valence-corrected chi connectivity index (χ1v) is 9.56. The molecule has 154 valence electrons. The third-order valence-electron chi connectivity index (χ3n) is 4.70. The van der Waals surface area contributed by atoms with Crippen LogP contribution in [0, 0.1) is 0 Å². The summed E-state index contributed by atoms with van der Waals surface area (Å²) in [7, 11) is 1.83. The molecule has 0 aliphatic rings. The average molecular weight is 411 g/mol. The highest BCUT2D eigenvalue weighted by Crippen LogP contribution is 2.36. The number of nitrogens with zero attached hydrogens (tertiary/aromatic N) is 6. The molecule has 0 fully saturated rings. The summed E-state index contributed by atoms with van der Waals surface area (Å²) in [5.74, 6) is 1.09. The number of hydrogen-bond acceptors (Lipinski definition) is 8. The molecule has 0 unspecified atom stereocenters. The summed E-state index contributed by atoms with van der Waals surface area (Å²) in [5.41, 5.74) is 8.43. The van der Waals surface area contributed by atoms with Crippen LogP contribution in [-0.4, -0.2) is 27.1 Å². The van der Waals surface area contributed by atoms with E-state index < -0.39 is 0 Å². The number of nitrogen functional groups attached to an aromatic ring is 1. The lowest BCUT2D eigenvalue weighted by Crippen LogP contribution is -2.15. The predicted molar refractivity (Wildman–Crippen MR) is 123 cm³/mol. The van der Waals surface area contributed by atoms with Gasteiger partial charge in [0.2, 0.25) is 11.9 Å². The first kappa shape index (κ1) is 20.0. The van der Waals surface area contributed by atoms with E-state index in [0.717, 1.165) is 16.5 Å². The number of hydrogen-bond donors (Lipinski definition) is 2. The third kappa shape index (κ3) is 4.18. The molecule has 0 atom stereocenters. The summed E-state index contributed by atoms with van der Waals surface area (Å²) in [4.78, 5) is 14.5. The van der Waals surface area contributed by atoms with Crippen molar-refractivity contribution in [2.75, 3.05) is 17.7 Å². The van der Waals surface area contributed by atoms with Crippen LogP contribution in [0.1, 0.15) is 12.7 Å². The second-order valence-corrected chi connectivity index (χ2v) is 7.03. The van der Waals surface area contributed by atoms with Crippen molar-refractivity contribution in [2.45, 2.75) is 6.92 Å². The van der Waals surface area contributed by atoms with E-state index in [2.05, 4.69) is 31.8 Å². The van der Waals surface area contributed by atoms with Crippen molar-refractivity contribution >= 4 is 45.3 Å². The molecule has 1 heterocycles. The van der Waals surface area contributed by atoms with Gasteiger partial charge < -0.3 is 15.7 Å². The summed E-state index contributed by atoms with van der Waals surface area (Å²) >= 11 is 0. The van der Waals surface area contributed by atoms with Crippen LogP contribution in [0.25, 0.3) is 16.3 Å². The molecule has 0 aliphatic carbocycles. The van der Waals surface area contributed by atoms with E-state index in [4.69, 9.17) is 5.73 Å². The van der Waals surface area contributed by atoms with Crippen molar-refractivity contribution in [1.82, 2.24) is 15.0 Å². The van der Waals surface area contributed by atoms with Crippen LogP contribution in [0.5, 0.6) is 5.75 Å². The number of aromatic nitrogens is 3. The average Bonchev–Trinajstić information content (AvgIpc) is 2.78. The lowest BCUT2D eigenvalue weighted by molar-refractivity contribution is 0.477. The van der Waals surface area contributed by atoms with Crippen molar-refractivity contribution in [2.24, 2.45) is 10.2 Å². The highest BCUT2D eigenvalue weighted by Gasteiger charge is 2.11. The summed E-state index contributed by atoms with van der Waals surface area (Å²) in [5, 5.41) is 20.6. The van der Waals surface area contributed by atoms with Crippen molar-refractivity contribution in [3.05, 3.63) is 73.1 Å². The van der Waals surface area contributed by atoms with Crippen LogP contribution >= 0.6 is 0 Å². The van der Waals surface area contributed by atoms with Gasteiger partial charge in [0.05, 0.1) is 5.69 Å². The zero-order valence-corrected chi connectivity index (χ0v) is 17.2. The second-order valence-electron chi connectivity index (χ2n) is 7.03. The van der Waals surface area contributed by atoms with Gasteiger partial charge in [0, 0.05) is 18.1 Å². The highest BCUT2D eigenvalue weighted by molar-refractivity contribution is 5.95. The van der Waals surface area contributed by atoms with E-state index in [-0.39, 0.29) is 11.7 Å². The summed E-state index contributed by atoms with van der Waals surface area (Å²) < 4.78 is 0. The Morgan fingerprint density at radius 2 is 1.71 bits per heavy atom. The van der Waals surface area contributed by atoms with E-state index >= 15 is 0 Å². The summed E-state index contributed by atoms with van der Waals surface area (Å²) in [6, 6.07) is 18.6. The molecule has 1 aromatic heterocycles.